The molecule has 0 saturated carbocycles. The van der Waals surface area contributed by atoms with E-state index in [4.69, 9.17) is 5.73 Å². The van der Waals surface area contributed by atoms with Gasteiger partial charge in [0.05, 0.1) is 11.4 Å². The van der Waals surface area contributed by atoms with E-state index in [0.717, 1.165) is 18.8 Å². The molecule has 2 fully saturated rings. The van der Waals surface area contributed by atoms with Gasteiger partial charge >= 0.3 is 0 Å². The molecule has 0 aromatic heterocycles. The molecule has 1 spiro atoms. The summed E-state index contributed by atoms with van der Waals surface area (Å²) in [5.41, 5.74) is 8.60. The predicted molar refractivity (Wildman–Crippen MR) is 72.3 cm³/mol. The molecule has 2 aliphatic heterocycles. The first-order chi connectivity index (χ1) is 8.29. The average Bonchev–Trinajstić information content (AvgIpc) is 2.80. The van der Waals surface area contributed by atoms with E-state index in [0.29, 0.717) is 5.54 Å². The van der Waals surface area contributed by atoms with Gasteiger partial charge in [-0.25, -0.2) is 0 Å². The molecular weight excluding hydrogens is 210 g/mol. The maximum absolute atomic E-state index is 6.04. The molecule has 2 heterocycles. The standard InChI is InChI=1S/C14H21N3/c15-12-4-1-2-5-13(12)17-10-7-14(8-11-17)6-3-9-16-14/h1-2,4-5,16H,3,6-11,15H2. The minimum absolute atomic E-state index is 0.444. The van der Waals surface area contributed by atoms with Gasteiger partial charge < -0.3 is 16.0 Å². The van der Waals surface area contributed by atoms with Gasteiger partial charge in [0.1, 0.15) is 0 Å². The summed E-state index contributed by atoms with van der Waals surface area (Å²) in [5, 5.41) is 3.70. The van der Waals surface area contributed by atoms with Crippen LogP contribution >= 0.6 is 0 Å². The highest BCUT2D eigenvalue weighted by Crippen LogP contribution is 2.34. The SMILES string of the molecule is Nc1ccccc1N1CCC2(CCCN2)CC1. The van der Waals surface area contributed by atoms with Gasteiger partial charge in [0.15, 0.2) is 0 Å². The second kappa shape index (κ2) is 4.22. The largest absolute Gasteiger partial charge is 0.397 e. The molecule has 3 rings (SSSR count). The van der Waals surface area contributed by atoms with E-state index < -0.39 is 0 Å². The van der Waals surface area contributed by atoms with E-state index in [1.54, 1.807) is 0 Å². The Balaban J connectivity index is 1.71. The van der Waals surface area contributed by atoms with Gasteiger partial charge in [-0.05, 0) is 44.4 Å². The maximum atomic E-state index is 6.04. The van der Waals surface area contributed by atoms with Crippen molar-refractivity contribution in [2.75, 3.05) is 30.3 Å². The second-order valence-electron chi connectivity index (χ2n) is 5.36. The third kappa shape index (κ3) is 2.00. The van der Waals surface area contributed by atoms with Crippen LogP contribution in [0, 0.1) is 0 Å². The molecule has 17 heavy (non-hydrogen) atoms. The summed E-state index contributed by atoms with van der Waals surface area (Å²) >= 11 is 0. The Morgan fingerprint density at radius 1 is 1.12 bits per heavy atom. The first-order valence-electron chi connectivity index (χ1n) is 6.64. The van der Waals surface area contributed by atoms with E-state index in [2.05, 4.69) is 22.3 Å². The van der Waals surface area contributed by atoms with Crippen molar-refractivity contribution < 1.29 is 0 Å². The Morgan fingerprint density at radius 2 is 1.88 bits per heavy atom. The Bertz CT molecular complexity index is 386. The lowest BCUT2D eigenvalue weighted by molar-refractivity contribution is 0.297. The van der Waals surface area contributed by atoms with Crippen LogP contribution in [0.5, 0.6) is 0 Å². The number of piperidine rings is 1. The van der Waals surface area contributed by atoms with Crippen LogP contribution in [-0.2, 0) is 0 Å². The molecule has 2 aliphatic rings. The zero-order valence-electron chi connectivity index (χ0n) is 10.3. The van der Waals surface area contributed by atoms with Crippen LogP contribution in [0.4, 0.5) is 11.4 Å². The Morgan fingerprint density at radius 3 is 2.53 bits per heavy atom. The van der Waals surface area contributed by atoms with Crippen molar-refractivity contribution in [1.82, 2.24) is 5.32 Å². The summed E-state index contributed by atoms with van der Waals surface area (Å²) in [6.07, 6.45) is 5.20. The van der Waals surface area contributed by atoms with Crippen molar-refractivity contribution in [3.8, 4) is 0 Å². The van der Waals surface area contributed by atoms with Crippen molar-refractivity contribution in [2.24, 2.45) is 0 Å². The van der Waals surface area contributed by atoms with Crippen LogP contribution in [0.15, 0.2) is 24.3 Å². The third-order valence-electron chi connectivity index (χ3n) is 4.33. The van der Waals surface area contributed by atoms with Gasteiger partial charge in [-0.2, -0.15) is 0 Å². The maximum Gasteiger partial charge on any atom is 0.0599 e. The number of nitrogens with two attached hydrogens (primary N) is 1. The van der Waals surface area contributed by atoms with Crippen LogP contribution in [0.25, 0.3) is 0 Å². The monoisotopic (exact) mass is 231 g/mol. The highest BCUT2D eigenvalue weighted by atomic mass is 15.2. The van der Waals surface area contributed by atoms with Gasteiger partial charge in [0.2, 0.25) is 0 Å². The molecule has 0 aliphatic carbocycles. The van der Waals surface area contributed by atoms with E-state index in [1.807, 2.05) is 12.1 Å². The molecule has 1 aromatic rings. The number of para-hydroxylation sites is 2. The van der Waals surface area contributed by atoms with Gasteiger partial charge in [-0.3, -0.25) is 0 Å². The summed E-state index contributed by atoms with van der Waals surface area (Å²) in [5.74, 6) is 0. The lowest BCUT2D eigenvalue weighted by Crippen LogP contribution is -2.50. The fraction of sp³-hybridized carbons (Fsp3) is 0.571. The topological polar surface area (TPSA) is 41.3 Å². The summed E-state index contributed by atoms with van der Waals surface area (Å²) < 4.78 is 0. The molecule has 1 aromatic carbocycles. The van der Waals surface area contributed by atoms with Crippen LogP contribution in [0.2, 0.25) is 0 Å². The van der Waals surface area contributed by atoms with Crippen molar-refractivity contribution in [3.05, 3.63) is 24.3 Å². The van der Waals surface area contributed by atoms with E-state index >= 15 is 0 Å². The molecule has 3 nitrogen and oxygen atoms in total. The van der Waals surface area contributed by atoms with E-state index in [1.165, 1.54) is 37.9 Å². The fourth-order valence-electron chi connectivity index (χ4n) is 3.25. The van der Waals surface area contributed by atoms with Crippen molar-refractivity contribution in [2.45, 2.75) is 31.2 Å². The van der Waals surface area contributed by atoms with Gasteiger partial charge in [-0.15, -0.1) is 0 Å². The number of nitrogens with one attached hydrogen (secondary N) is 1. The Hall–Kier alpha value is -1.22. The normalized spacial score (nSPS) is 23.2. The molecular formula is C14H21N3. The summed E-state index contributed by atoms with van der Waals surface area (Å²) in [7, 11) is 0. The van der Waals surface area contributed by atoms with Crippen LogP contribution in [0.3, 0.4) is 0 Å². The minimum atomic E-state index is 0.444. The number of hydrogen-bond acceptors (Lipinski definition) is 3. The van der Waals surface area contributed by atoms with E-state index in [-0.39, 0.29) is 0 Å². The van der Waals surface area contributed by atoms with Crippen LogP contribution in [0.1, 0.15) is 25.7 Å². The number of rotatable bonds is 1. The number of nitrogens with zero attached hydrogens (tertiary/aromatic N) is 1. The van der Waals surface area contributed by atoms with Crippen LogP contribution < -0.4 is 16.0 Å². The second-order valence-corrected chi connectivity index (χ2v) is 5.36. The number of nitrogen functional groups attached to an aromatic ring is 1. The predicted octanol–water partition coefficient (Wildman–Crippen LogP) is 1.99. The van der Waals surface area contributed by atoms with E-state index in [9.17, 15) is 0 Å². The smallest absolute Gasteiger partial charge is 0.0599 e. The number of hydrogen-bond donors (Lipinski definition) is 2. The molecule has 92 valence electrons. The molecule has 0 atom stereocenters. The first-order valence-corrected chi connectivity index (χ1v) is 6.64. The number of benzene rings is 1. The molecule has 0 unspecified atom stereocenters. The quantitative estimate of drug-likeness (QED) is 0.726. The van der Waals surface area contributed by atoms with Gasteiger partial charge in [0.25, 0.3) is 0 Å². The van der Waals surface area contributed by atoms with Crippen molar-refractivity contribution in [3.63, 3.8) is 0 Å². The summed E-state index contributed by atoms with van der Waals surface area (Å²) in [4.78, 5) is 2.43. The lowest BCUT2D eigenvalue weighted by Gasteiger charge is -2.41. The molecule has 3 N–H and O–H groups in total. The summed E-state index contributed by atoms with van der Waals surface area (Å²) in [6, 6.07) is 8.20. The zero-order chi connectivity index (χ0) is 11.7. The van der Waals surface area contributed by atoms with Crippen LogP contribution in [-0.4, -0.2) is 25.2 Å². The lowest BCUT2D eigenvalue weighted by atomic mass is 9.86. The molecule has 0 radical (unpaired) electrons. The minimum Gasteiger partial charge on any atom is -0.397 e. The molecule has 0 bridgehead atoms. The molecule has 2 saturated heterocycles. The molecule has 3 heteroatoms. The fourth-order valence-corrected chi connectivity index (χ4v) is 3.25. The first kappa shape index (κ1) is 10.9. The third-order valence-corrected chi connectivity index (χ3v) is 4.33. The van der Waals surface area contributed by atoms with Gasteiger partial charge in [0, 0.05) is 18.6 Å². The Kier molecular flexibility index (Phi) is 2.71. The number of anilines is 2. The molecule has 0 amide bonds. The average molecular weight is 231 g/mol. The highest BCUT2D eigenvalue weighted by Gasteiger charge is 2.36. The van der Waals surface area contributed by atoms with Crippen molar-refractivity contribution >= 4 is 11.4 Å². The Labute approximate surface area is 103 Å². The van der Waals surface area contributed by atoms with Gasteiger partial charge in [-0.1, -0.05) is 12.1 Å². The summed E-state index contributed by atoms with van der Waals surface area (Å²) in [6.45, 7) is 3.45. The highest BCUT2D eigenvalue weighted by molar-refractivity contribution is 5.67. The zero-order valence-corrected chi connectivity index (χ0v) is 10.3. The van der Waals surface area contributed by atoms with Crippen molar-refractivity contribution in [1.29, 1.82) is 0 Å².